The molecule has 14 heavy (non-hydrogen) atoms. The van der Waals surface area contributed by atoms with Crippen LogP contribution in [0.3, 0.4) is 0 Å². The minimum Gasteiger partial charge on any atom is -0.396 e. The Balaban J connectivity index is 2.99. The molecule has 0 amide bonds. The van der Waals surface area contributed by atoms with Gasteiger partial charge in [0, 0.05) is 6.61 Å². The third-order valence-electron chi connectivity index (χ3n) is 2.30. The number of rotatable bonds is 9. The lowest BCUT2D eigenvalue weighted by Gasteiger charge is -1.99. The minimum absolute atomic E-state index is 0.358. The van der Waals surface area contributed by atoms with Crippen molar-refractivity contribution in [3.63, 3.8) is 0 Å². The van der Waals surface area contributed by atoms with Crippen molar-refractivity contribution in [1.29, 1.82) is 0 Å². The Kier molecular flexibility index (Phi) is 10.5. The Hall–Kier alpha value is -0.300. The molecule has 0 bridgehead atoms. The lowest BCUT2D eigenvalue weighted by atomic mass is 10.1. The van der Waals surface area contributed by atoms with Crippen molar-refractivity contribution in [2.75, 3.05) is 6.61 Å². The summed E-state index contributed by atoms with van der Waals surface area (Å²) in [5, 5.41) is 8.58. The van der Waals surface area contributed by atoms with Crippen LogP contribution in [0.25, 0.3) is 0 Å². The van der Waals surface area contributed by atoms with E-state index in [4.69, 9.17) is 5.11 Å². The maximum absolute atomic E-state index is 8.58. The van der Waals surface area contributed by atoms with Crippen LogP contribution < -0.4 is 0 Å². The first-order valence-electron chi connectivity index (χ1n) is 6.05. The molecule has 0 aliphatic heterocycles. The Bertz CT molecular complexity index is 127. The summed E-state index contributed by atoms with van der Waals surface area (Å²) in [7, 11) is 0. The van der Waals surface area contributed by atoms with Gasteiger partial charge < -0.3 is 5.11 Å². The lowest BCUT2D eigenvalue weighted by molar-refractivity contribution is 0.282. The molecule has 0 heterocycles. The summed E-state index contributed by atoms with van der Waals surface area (Å²) in [6.07, 6.45) is 13.3. The molecule has 1 nitrogen and oxygen atoms in total. The van der Waals surface area contributed by atoms with E-state index in [1.165, 1.54) is 38.5 Å². The summed E-state index contributed by atoms with van der Waals surface area (Å²) >= 11 is 0. The largest absolute Gasteiger partial charge is 0.396 e. The molecule has 1 heteroatoms. The number of unbranched alkanes of at least 4 members (excludes halogenated alkanes) is 6. The van der Waals surface area contributed by atoms with Crippen LogP contribution in [0.1, 0.15) is 58.8 Å². The van der Waals surface area contributed by atoms with Crippen LogP contribution in [-0.2, 0) is 0 Å². The van der Waals surface area contributed by atoms with E-state index in [1.807, 2.05) is 0 Å². The van der Waals surface area contributed by atoms with Crippen LogP contribution in [0.2, 0.25) is 0 Å². The molecule has 0 unspecified atom stereocenters. The second-order valence-electron chi connectivity index (χ2n) is 4.31. The van der Waals surface area contributed by atoms with Gasteiger partial charge in [-0.25, -0.2) is 0 Å². The number of hydrogen-bond donors (Lipinski definition) is 1. The molecule has 0 spiro atoms. The number of aliphatic hydroxyl groups excluding tert-OH is 1. The van der Waals surface area contributed by atoms with E-state index in [9.17, 15) is 0 Å². The second-order valence-corrected chi connectivity index (χ2v) is 4.31. The zero-order valence-corrected chi connectivity index (χ0v) is 9.84. The summed E-state index contributed by atoms with van der Waals surface area (Å²) in [6.45, 7) is 4.79. The fraction of sp³-hybridized carbons (Fsp3) is 0.846. The summed E-state index contributed by atoms with van der Waals surface area (Å²) in [5.74, 6) is 0.694. The molecule has 0 aliphatic rings. The molecule has 0 rings (SSSR count). The fourth-order valence-electron chi connectivity index (χ4n) is 1.45. The topological polar surface area (TPSA) is 20.2 Å². The van der Waals surface area contributed by atoms with Crippen molar-refractivity contribution in [3.8, 4) is 0 Å². The summed E-state index contributed by atoms with van der Waals surface area (Å²) in [6, 6.07) is 0. The molecule has 0 atom stereocenters. The van der Waals surface area contributed by atoms with Gasteiger partial charge >= 0.3 is 0 Å². The monoisotopic (exact) mass is 198 g/mol. The summed E-state index contributed by atoms with van der Waals surface area (Å²) < 4.78 is 0. The third kappa shape index (κ3) is 11.7. The number of aliphatic hydroxyl groups is 1. The maximum Gasteiger partial charge on any atom is 0.0431 e. The van der Waals surface area contributed by atoms with Gasteiger partial charge in [0.15, 0.2) is 0 Å². The highest BCUT2D eigenvalue weighted by molar-refractivity contribution is 4.83. The molecule has 1 N–H and O–H groups in total. The van der Waals surface area contributed by atoms with Gasteiger partial charge in [0.05, 0.1) is 0 Å². The van der Waals surface area contributed by atoms with Crippen LogP contribution in [0.15, 0.2) is 12.2 Å². The van der Waals surface area contributed by atoms with Gasteiger partial charge in [0.25, 0.3) is 0 Å². The highest BCUT2D eigenvalue weighted by Gasteiger charge is 1.89. The first-order valence-corrected chi connectivity index (χ1v) is 6.05. The van der Waals surface area contributed by atoms with Crippen molar-refractivity contribution in [2.45, 2.75) is 58.8 Å². The van der Waals surface area contributed by atoms with Gasteiger partial charge in [-0.3, -0.25) is 0 Å². The van der Waals surface area contributed by atoms with E-state index in [-0.39, 0.29) is 0 Å². The smallest absolute Gasteiger partial charge is 0.0431 e. The van der Waals surface area contributed by atoms with Gasteiger partial charge in [0.2, 0.25) is 0 Å². The third-order valence-corrected chi connectivity index (χ3v) is 2.30. The zero-order chi connectivity index (χ0) is 10.6. The molecule has 0 aromatic rings. The van der Waals surface area contributed by atoms with Crippen molar-refractivity contribution in [1.82, 2.24) is 0 Å². The average molecular weight is 198 g/mol. The highest BCUT2D eigenvalue weighted by atomic mass is 16.2. The van der Waals surface area contributed by atoms with Gasteiger partial charge in [-0.2, -0.15) is 0 Å². The summed E-state index contributed by atoms with van der Waals surface area (Å²) in [4.78, 5) is 0. The zero-order valence-electron chi connectivity index (χ0n) is 9.84. The van der Waals surface area contributed by atoms with Crippen LogP contribution in [0.5, 0.6) is 0 Å². The average Bonchev–Trinajstić information content (AvgIpc) is 2.15. The van der Waals surface area contributed by atoms with Crippen LogP contribution >= 0.6 is 0 Å². The SMILES string of the molecule is CC(C)C=CCCCCCCCCO. The van der Waals surface area contributed by atoms with E-state index < -0.39 is 0 Å². The normalized spacial score (nSPS) is 11.7. The van der Waals surface area contributed by atoms with Gasteiger partial charge in [-0.1, -0.05) is 51.7 Å². The predicted octanol–water partition coefficient (Wildman–Crippen LogP) is 3.92. The van der Waals surface area contributed by atoms with E-state index >= 15 is 0 Å². The number of hydrogen-bond acceptors (Lipinski definition) is 1. The van der Waals surface area contributed by atoms with Gasteiger partial charge in [0.1, 0.15) is 0 Å². The highest BCUT2D eigenvalue weighted by Crippen LogP contribution is 2.07. The molecule has 84 valence electrons. The van der Waals surface area contributed by atoms with Crippen molar-refractivity contribution < 1.29 is 5.11 Å². The van der Waals surface area contributed by atoms with Crippen molar-refractivity contribution in [3.05, 3.63) is 12.2 Å². The molecule has 0 saturated heterocycles. The molecular weight excluding hydrogens is 172 g/mol. The molecule has 0 aliphatic carbocycles. The van der Waals surface area contributed by atoms with Crippen LogP contribution in [0.4, 0.5) is 0 Å². The Morgan fingerprint density at radius 2 is 1.50 bits per heavy atom. The Labute approximate surface area is 89.2 Å². The second kappa shape index (κ2) is 10.8. The van der Waals surface area contributed by atoms with E-state index in [1.54, 1.807) is 0 Å². The first-order chi connectivity index (χ1) is 6.77. The quantitative estimate of drug-likeness (QED) is 0.440. The van der Waals surface area contributed by atoms with Crippen molar-refractivity contribution in [2.24, 2.45) is 5.92 Å². The Morgan fingerprint density at radius 3 is 2.07 bits per heavy atom. The van der Waals surface area contributed by atoms with E-state index in [0.29, 0.717) is 12.5 Å². The summed E-state index contributed by atoms with van der Waals surface area (Å²) in [5.41, 5.74) is 0. The molecule has 0 fully saturated rings. The molecular formula is C13H26O. The van der Waals surface area contributed by atoms with Gasteiger partial charge in [-0.05, 0) is 25.2 Å². The predicted molar refractivity (Wildman–Crippen MR) is 63.4 cm³/mol. The standard InChI is InChI=1S/C13H26O/c1-13(2)11-9-7-5-3-4-6-8-10-12-14/h9,11,13-14H,3-8,10,12H2,1-2H3. The molecule has 0 saturated carbocycles. The van der Waals surface area contributed by atoms with Crippen LogP contribution in [-0.4, -0.2) is 11.7 Å². The van der Waals surface area contributed by atoms with Gasteiger partial charge in [-0.15, -0.1) is 0 Å². The maximum atomic E-state index is 8.58. The first kappa shape index (κ1) is 13.7. The lowest BCUT2D eigenvalue weighted by Crippen LogP contribution is -1.83. The minimum atomic E-state index is 0.358. The number of allylic oxidation sites excluding steroid dienone is 2. The fourth-order valence-corrected chi connectivity index (χ4v) is 1.45. The van der Waals surface area contributed by atoms with E-state index in [2.05, 4.69) is 26.0 Å². The van der Waals surface area contributed by atoms with E-state index in [0.717, 1.165) is 6.42 Å². The molecule has 0 radical (unpaired) electrons. The molecule has 0 aromatic heterocycles. The van der Waals surface area contributed by atoms with Crippen LogP contribution in [0, 0.1) is 5.92 Å². The molecule has 0 aromatic carbocycles. The Morgan fingerprint density at radius 1 is 0.929 bits per heavy atom. The van der Waals surface area contributed by atoms with Crippen molar-refractivity contribution >= 4 is 0 Å².